The van der Waals surface area contributed by atoms with E-state index in [9.17, 15) is 5.11 Å². The second kappa shape index (κ2) is 5.68. The summed E-state index contributed by atoms with van der Waals surface area (Å²) in [5, 5.41) is 14.5. The van der Waals surface area contributed by atoms with E-state index < -0.39 is 0 Å². The Balaban J connectivity index is 1.40. The topological polar surface area (TPSA) is 45.1 Å². The smallest absolute Gasteiger partial charge is 0.0959 e. The summed E-state index contributed by atoms with van der Waals surface area (Å²) in [7, 11) is 0. The van der Waals surface area contributed by atoms with Gasteiger partial charge in [0.15, 0.2) is 0 Å². The molecule has 1 heterocycles. The molecule has 0 bridgehead atoms. The molecule has 2 fully saturated rings. The molecule has 0 aromatic carbocycles. The molecule has 4 heteroatoms. The van der Waals surface area contributed by atoms with Crippen LogP contribution in [0.25, 0.3) is 0 Å². The summed E-state index contributed by atoms with van der Waals surface area (Å²) in [6.45, 7) is 1.98. The molecule has 2 atom stereocenters. The van der Waals surface area contributed by atoms with Gasteiger partial charge in [-0.1, -0.05) is 6.42 Å². The fourth-order valence-electron chi connectivity index (χ4n) is 2.77. The highest BCUT2D eigenvalue weighted by atomic mass is 32.1. The van der Waals surface area contributed by atoms with Crippen LogP contribution in [0.1, 0.15) is 54.3 Å². The van der Waals surface area contributed by atoms with Gasteiger partial charge in [-0.25, -0.2) is 4.98 Å². The Morgan fingerprint density at radius 2 is 2.22 bits per heavy atom. The van der Waals surface area contributed by atoms with Gasteiger partial charge < -0.3 is 10.4 Å². The molecule has 18 heavy (non-hydrogen) atoms. The summed E-state index contributed by atoms with van der Waals surface area (Å²) in [5.74, 6) is 1.43. The van der Waals surface area contributed by atoms with Crippen LogP contribution >= 0.6 is 11.3 Å². The van der Waals surface area contributed by atoms with Crippen molar-refractivity contribution in [3.05, 3.63) is 16.1 Å². The Hall–Kier alpha value is -0.450. The molecule has 0 saturated heterocycles. The van der Waals surface area contributed by atoms with Crippen molar-refractivity contribution in [1.82, 2.24) is 10.3 Å². The van der Waals surface area contributed by atoms with Gasteiger partial charge in [-0.3, -0.25) is 0 Å². The largest absolute Gasteiger partial charge is 0.393 e. The Labute approximate surface area is 113 Å². The highest BCUT2D eigenvalue weighted by molar-refractivity contribution is 7.11. The molecule has 2 N–H and O–H groups in total. The maximum Gasteiger partial charge on any atom is 0.0959 e. The number of aromatic nitrogens is 1. The van der Waals surface area contributed by atoms with Crippen LogP contribution in [-0.2, 0) is 6.54 Å². The fourth-order valence-corrected chi connectivity index (χ4v) is 3.83. The van der Waals surface area contributed by atoms with E-state index in [4.69, 9.17) is 0 Å². The minimum atomic E-state index is -0.0598. The molecule has 0 amide bonds. The summed E-state index contributed by atoms with van der Waals surface area (Å²) < 4.78 is 0. The van der Waals surface area contributed by atoms with E-state index in [2.05, 4.69) is 10.3 Å². The SMILES string of the molecule is OC1CCCC(CNCc2cnc(C3CC3)s2)C1. The van der Waals surface area contributed by atoms with E-state index in [1.807, 2.05) is 17.5 Å². The molecule has 1 aromatic rings. The van der Waals surface area contributed by atoms with Gasteiger partial charge in [0, 0.05) is 23.5 Å². The third-order valence-corrected chi connectivity index (χ3v) is 5.15. The van der Waals surface area contributed by atoms with E-state index in [0.29, 0.717) is 5.92 Å². The molecule has 2 saturated carbocycles. The van der Waals surface area contributed by atoms with Gasteiger partial charge in [0.25, 0.3) is 0 Å². The van der Waals surface area contributed by atoms with Gasteiger partial charge in [-0.15, -0.1) is 11.3 Å². The number of nitrogens with zero attached hydrogens (tertiary/aromatic N) is 1. The van der Waals surface area contributed by atoms with Crippen molar-refractivity contribution in [2.45, 2.75) is 57.1 Å². The van der Waals surface area contributed by atoms with Crippen molar-refractivity contribution in [2.75, 3.05) is 6.54 Å². The fraction of sp³-hybridized carbons (Fsp3) is 0.786. The highest BCUT2D eigenvalue weighted by Gasteiger charge is 2.26. The van der Waals surface area contributed by atoms with Crippen molar-refractivity contribution in [3.63, 3.8) is 0 Å². The molecular weight excluding hydrogens is 244 g/mol. The minimum Gasteiger partial charge on any atom is -0.393 e. The molecule has 3 rings (SSSR count). The van der Waals surface area contributed by atoms with Crippen molar-refractivity contribution < 1.29 is 5.11 Å². The van der Waals surface area contributed by atoms with Gasteiger partial charge in [0.05, 0.1) is 11.1 Å². The molecule has 2 unspecified atom stereocenters. The van der Waals surface area contributed by atoms with Crippen LogP contribution < -0.4 is 5.32 Å². The van der Waals surface area contributed by atoms with Crippen LogP contribution in [0.15, 0.2) is 6.20 Å². The van der Waals surface area contributed by atoms with Gasteiger partial charge in [-0.05, 0) is 44.6 Å². The van der Waals surface area contributed by atoms with E-state index in [1.54, 1.807) is 0 Å². The summed E-state index contributed by atoms with van der Waals surface area (Å²) in [5.41, 5.74) is 0. The lowest BCUT2D eigenvalue weighted by molar-refractivity contribution is 0.101. The van der Waals surface area contributed by atoms with E-state index in [1.165, 1.54) is 35.6 Å². The Morgan fingerprint density at radius 1 is 1.33 bits per heavy atom. The number of nitrogens with one attached hydrogen (secondary N) is 1. The molecule has 2 aliphatic rings. The van der Waals surface area contributed by atoms with Gasteiger partial charge >= 0.3 is 0 Å². The average molecular weight is 266 g/mol. The first-order chi connectivity index (χ1) is 8.81. The van der Waals surface area contributed by atoms with Crippen molar-refractivity contribution in [3.8, 4) is 0 Å². The van der Waals surface area contributed by atoms with Gasteiger partial charge in [-0.2, -0.15) is 0 Å². The zero-order valence-corrected chi connectivity index (χ0v) is 11.6. The number of hydrogen-bond acceptors (Lipinski definition) is 4. The normalized spacial score (nSPS) is 28.5. The Morgan fingerprint density at radius 3 is 3.00 bits per heavy atom. The first-order valence-corrected chi connectivity index (χ1v) is 7.96. The number of thiazole rings is 1. The zero-order valence-electron chi connectivity index (χ0n) is 10.8. The lowest BCUT2D eigenvalue weighted by Crippen LogP contribution is -2.28. The van der Waals surface area contributed by atoms with E-state index in [0.717, 1.165) is 31.8 Å². The van der Waals surface area contributed by atoms with Crippen LogP contribution in [-0.4, -0.2) is 22.7 Å². The molecule has 1 aromatic heterocycles. The second-order valence-electron chi connectivity index (χ2n) is 5.76. The molecule has 2 aliphatic carbocycles. The maximum atomic E-state index is 9.63. The first-order valence-electron chi connectivity index (χ1n) is 7.14. The Bertz CT molecular complexity index is 389. The molecule has 0 radical (unpaired) electrons. The molecule has 0 aliphatic heterocycles. The number of hydrogen-bond donors (Lipinski definition) is 2. The van der Waals surface area contributed by atoms with Crippen LogP contribution in [0.5, 0.6) is 0 Å². The highest BCUT2D eigenvalue weighted by Crippen LogP contribution is 2.41. The average Bonchev–Trinajstić information content (AvgIpc) is 3.10. The number of rotatable bonds is 5. The molecular formula is C14H22N2OS. The summed E-state index contributed by atoms with van der Waals surface area (Å²) in [4.78, 5) is 5.85. The standard InChI is InChI=1S/C14H22N2OS/c17-12-3-1-2-10(6-12)7-15-8-13-9-16-14(18-13)11-4-5-11/h9-12,15,17H,1-8H2. The third-order valence-electron chi connectivity index (χ3n) is 3.99. The summed E-state index contributed by atoms with van der Waals surface area (Å²) >= 11 is 1.87. The minimum absolute atomic E-state index is 0.0598. The monoisotopic (exact) mass is 266 g/mol. The number of aliphatic hydroxyl groups excluding tert-OH is 1. The summed E-state index contributed by atoms with van der Waals surface area (Å²) in [6, 6.07) is 0. The van der Waals surface area contributed by atoms with E-state index >= 15 is 0 Å². The van der Waals surface area contributed by atoms with E-state index in [-0.39, 0.29) is 6.10 Å². The van der Waals surface area contributed by atoms with Gasteiger partial charge in [0.2, 0.25) is 0 Å². The third kappa shape index (κ3) is 3.31. The van der Waals surface area contributed by atoms with Gasteiger partial charge in [0.1, 0.15) is 0 Å². The predicted molar refractivity (Wildman–Crippen MR) is 73.8 cm³/mol. The molecule has 0 spiro atoms. The quantitative estimate of drug-likeness (QED) is 0.861. The molecule has 3 nitrogen and oxygen atoms in total. The Kier molecular flexibility index (Phi) is 3.97. The molecule has 100 valence electrons. The van der Waals surface area contributed by atoms with Crippen LogP contribution in [0.4, 0.5) is 0 Å². The van der Waals surface area contributed by atoms with Crippen LogP contribution in [0.3, 0.4) is 0 Å². The maximum absolute atomic E-state index is 9.63. The summed E-state index contributed by atoms with van der Waals surface area (Å²) in [6.07, 6.45) is 9.05. The van der Waals surface area contributed by atoms with Crippen molar-refractivity contribution >= 4 is 11.3 Å². The lowest BCUT2D eigenvalue weighted by atomic mass is 9.87. The van der Waals surface area contributed by atoms with Crippen LogP contribution in [0, 0.1) is 5.92 Å². The van der Waals surface area contributed by atoms with Crippen molar-refractivity contribution in [1.29, 1.82) is 0 Å². The second-order valence-corrected chi connectivity index (χ2v) is 6.90. The lowest BCUT2D eigenvalue weighted by Gasteiger charge is -2.25. The zero-order chi connectivity index (χ0) is 12.4. The first kappa shape index (κ1) is 12.6. The number of aliphatic hydroxyl groups is 1. The van der Waals surface area contributed by atoms with Crippen molar-refractivity contribution in [2.24, 2.45) is 5.92 Å². The van der Waals surface area contributed by atoms with Crippen LogP contribution in [0.2, 0.25) is 0 Å². The predicted octanol–water partition coefficient (Wildman–Crippen LogP) is 2.66.